The average molecular weight is 747 g/mol. The molecule has 0 saturated heterocycles. The minimum absolute atomic E-state index is 0.407. The lowest BCUT2D eigenvalue weighted by molar-refractivity contribution is 0.438. The number of hydrogen-bond acceptors (Lipinski definition) is 1. The van der Waals surface area contributed by atoms with E-state index < -0.39 is 10.8 Å². The minimum atomic E-state index is -0.569. The van der Waals surface area contributed by atoms with Crippen molar-refractivity contribution in [3.8, 4) is 56.0 Å². The molecule has 4 aliphatic rings. The molecule has 0 N–H and O–H groups in total. The number of ether oxygens (including phenoxy) is 1. The van der Waals surface area contributed by atoms with Gasteiger partial charge in [0.25, 0.3) is 0 Å². The number of fused-ring (bicyclic) bond motifs is 23. The van der Waals surface area contributed by atoms with Crippen molar-refractivity contribution < 1.29 is 4.74 Å². The third-order valence-electron chi connectivity index (χ3n) is 14.1. The molecular formula is C58H34O. The summed E-state index contributed by atoms with van der Waals surface area (Å²) in [6.45, 7) is 0. The Morgan fingerprint density at radius 3 is 1.49 bits per heavy atom. The van der Waals surface area contributed by atoms with Gasteiger partial charge in [0.15, 0.2) is 0 Å². The molecule has 0 bridgehead atoms. The summed E-state index contributed by atoms with van der Waals surface area (Å²) < 4.78 is 6.97. The van der Waals surface area contributed by atoms with E-state index in [2.05, 4.69) is 206 Å². The Balaban J connectivity index is 1.03. The van der Waals surface area contributed by atoms with Crippen LogP contribution in [0.15, 0.2) is 206 Å². The maximum absolute atomic E-state index is 6.97. The van der Waals surface area contributed by atoms with Gasteiger partial charge >= 0.3 is 0 Å². The van der Waals surface area contributed by atoms with Gasteiger partial charge in [-0.05, 0) is 124 Å². The zero-order valence-electron chi connectivity index (χ0n) is 32.0. The molecule has 0 aromatic heterocycles. The van der Waals surface area contributed by atoms with Crippen LogP contribution in [-0.2, 0) is 10.8 Å². The molecule has 1 unspecified atom stereocenters. The van der Waals surface area contributed by atoms with Crippen LogP contribution in [0.2, 0.25) is 0 Å². The first-order valence-electron chi connectivity index (χ1n) is 20.7. The van der Waals surface area contributed by atoms with Gasteiger partial charge in [0, 0.05) is 11.1 Å². The zero-order valence-corrected chi connectivity index (χ0v) is 32.0. The van der Waals surface area contributed by atoms with Gasteiger partial charge in [-0.15, -0.1) is 0 Å². The molecule has 0 amide bonds. The topological polar surface area (TPSA) is 9.23 Å². The first kappa shape index (κ1) is 31.6. The van der Waals surface area contributed by atoms with Gasteiger partial charge in [0.05, 0.1) is 10.8 Å². The van der Waals surface area contributed by atoms with E-state index in [0.717, 1.165) is 11.5 Å². The highest BCUT2D eigenvalue weighted by Crippen LogP contribution is 2.66. The highest BCUT2D eigenvalue weighted by molar-refractivity contribution is 6.06. The van der Waals surface area contributed by atoms with Crippen molar-refractivity contribution in [3.05, 3.63) is 251 Å². The molecule has 1 nitrogen and oxygen atoms in total. The van der Waals surface area contributed by atoms with Crippen LogP contribution in [0.3, 0.4) is 0 Å². The first-order chi connectivity index (χ1) is 29.3. The molecule has 3 aliphatic carbocycles. The Labute approximate surface area is 342 Å². The van der Waals surface area contributed by atoms with E-state index in [0.29, 0.717) is 0 Å². The highest BCUT2D eigenvalue weighted by atomic mass is 16.5. The van der Waals surface area contributed by atoms with Crippen molar-refractivity contribution in [2.24, 2.45) is 0 Å². The molecule has 1 heteroatoms. The van der Waals surface area contributed by atoms with Gasteiger partial charge in [0.1, 0.15) is 11.5 Å². The van der Waals surface area contributed by atoms with E-state index in [4.69, 9.17) is 4.74 Å². The summed E-state index contributed by atoms with van der Waals surface area (Å²) in [6, 6.07) is 77.2. The molecule has 1 heterocycles. The van der Waals surface area contributed by atoms with Crippen LogP contribution >= 0.6 is 0 Å². The molecule has 10 aromatic rings. The van der Waals surface area contributed by atoms with Crippen LogP contribution in [-0.4, -0.2) is 0 Å². The van der Waals surface area contributed by atoms with Crippen LogP contribution in [0.25, 0.3) is 66.1 Å². The predicted octanol–water partition coefficient (Wildman–Crippen LogP) is 14.5. The number of rotatable bonds is 1. The highest BCUT2D eigenvalue weighted by Gasteiger charge is 2.53. The van der Waals surface area contributed by atoms with E-state index in [-0.39, 0.29) is 0 Å². The molecule has 14 rings (SSSR count). The van der Waals surface area contributed by atoms with Crippen molar-refractivity contribution in [2.75, 3.05) is 0 Å². The second kappa shape index (κ2) is 11.1. The largest absolute Gasteiger partial charge is 0.457 e. The Kier molecular flexibility index (Phi) is 5.96. The van der Waals surface area contributed by atoms with Gasteiger partial charge in [-0.3, -0.25) is 0 Å². The second-order valence-electron chi connectivity index (χ2n) is 16.6. The van der Waals surface area contributed by atoms with E-state index in [9.17, 15) is 0 Å². The Morgan fingerprint density at radius 1 is 0.288 bits per heavy atom. The lowest BCUT2D eigenvalue weighted by Gasteiger charge is -2.40. The molecule has 1 atom stereocenters. The predicted molar refractivity (Wildman–Crippen MR) is 241 cm³/mol. The van der Waals surface area contributed by atoms with Crippen LogP contribution in [0.4, 0.5) is 0 Å². The summed E-state index contributed by atoms with van der Waals surface area (Å²) in [5.41, 5.74) is 19.7. The fourth-order valence-corrected chi connectivity index (χ4v) is 12.0. The summed E-state index contributed by atoms with van der Waals surface area (Å²) in [6.07, 6.45) is 0. The molecular weight excluding hydrogens is 713 g/mol. The summed E-state index contributed by atoms with van der Waals surface area (Å²) in [5, 5.41) is 5.02. The van der Waals surface area contributed by atoms with E-state index in [1.807, 2.05) is 0 Å². The zero-order chi connectivity index (χ0) is 38.5. The van der Waals surface area contributed by atoms with Crippen LogP contribution in [0.5, 0.6) is 11.5 Å². The van der Waals surface area contributed by atoms with Crippen molar-refractivity contribution in [1.82, 2.24) is 0 Å². The smallest absolute Gasteiger partial charge is 0.132 e. The number of benzene rings is 10. The third kappa shape index (κ3) is 3.73. The van der Waals surface area contributed by atoms with Gasteiger partial charge < -0.3 is 4.74 Å². The fraction of sp³-hybridized carbons (Fsp3) is 0.0345. The lowest BCUT2D eigenvalue weighted by Crippen LogP contribution is -2.32. The van der Waals surface area contributed by atoms with Crippen molar-refractivity contribution in [3.63, 3.8) is 0 Å². The Bertz CT molecular complexity index is 3450. The molecule has 0 saturated carbocycles. The van der Waals surface area contributed by atoms with Crippen LogP contribution in [0, 0.1) is 0 Å². The van der Waals surface area contributed by atoms with Crippen molar-refractivity contribution in [1.29, 1.82) is 0 Å². The SMILES string of the molecule is c1ccc2c(c1)-c1cc(-c3ccc4c(c3)C3(c5ccccc5-c5ccccc53)c3c(ccc5ccccc35)O4)ccc1C21c2ccccc2-c2c1ccc1ccccc21. The summed E-state index contributed by atoms with van der Waals surface area (Å²) >= 11 is 0. The standard InChI is InChI=1S/C58H34O/c1-3-15-39-35(13-1)25-30-51-55(39)44-20-8-12-24-49(44)57(51)46-21-9-7-19-43(46)45-33-37(26-29-50(45)57)38-28-31-53-52(34-38)58(56-40-16-4-2-14-36(40)27-32-54(56)59-53)47-22-10-5-17-41(47)42-18-6-11-23-48(42)58/h1-34H. The molecule has 272 valence electrons. The van der Waals surface area contributed by atoms with Gasteiger partial charge in [0.2, 0.25) is 0 Å². The van der Waals surface area contributed by atoms with Crippen molar-refractivity contribution in [2.45, 2.75) is 10.8 Å². The molecule has 0 fully saturated rings. The summed E-state index contributed by atoms with van der Waals surface area (Å²) in [5.74, 6) is 1.82. The monoisotopic (exact) mass is 746 g/mol. The summed E-state index contributed by atoms with van der Waals surface area (Å²) in [4.78, 5) is 0. The van der Waals surface area contributed by atoms with E-state index in [1.54, 1.807) is 0 Å². The molecule has 0 radical (unpaired) electrons. The number of hydrogen-bond donors (Lipinski definition) is 0. The molecule has 59 heavy (non-hydrogen) atoms. The van der Waals surface area contributed by atoms with Crippen LogP contribution < -0.4 is 4.74 Å². The molecule has 1 aliphatic heterocycles. The van der Waals surface area contributed by atoms with Crippen LogP contribution in [0.1, 0.15) is 44.5 Å². The van der Waals surface area contributed by atoms with Gasteiger partial charge in [-0.1, -0.05) is 182 Å². The molecule has 10 aromatic carbocycles. The lowest BCUT2D eigenvalue weighted by atomic mass is 9.64. The summed E-state index contributed by atoms with van der Waals surface area (Å²) in [7, 11) is 0. The van der Waals surface area contributed by atoms with Crippen molar-refractivity contribution >= 4 is 21.5 Å². The maximum Gasteiger partial charge on any atom is 0.132 e. The maximum atomic E-state index is 6.97. The fourth-order valence-electron chi connectivity index (χ4n) is 12.0. The van der Waals surface area contributed by atoms with Gasteiger partial charge in [-0.2, -0.15) is 0 Å². The minimum Gasteiger partial charge on any atom is -0.457 e. The third-order valence-corrected chi connectivity index (χ3v) is 14.1. The molecule has 2 spiro atoms. The van der Waals surface area contributed by atoms with E-state index >= 15 is 0 Å². The Morgan fingerprint density at radius 2 is 0.763 bits per heavy atom. The van der Waals surface area contributed by atoms with E-state index in [1.165, 1.54) is 111 Å². The first-order valence-corrected chi connectivity index (χ1v) is 20.7. The Hall–Kier alpha value is -7.48. The quantitative estimate of drug-likeness (QED) is 0.163. The average Bonchev–Trinajstić information content (AvgIpc) is 3.89. The van der Waals surface area contributed by atoms with Gasteiger partial charge in [-0.25, -0.2) is 0 Å². The second-order valence-corrected chi connectivity index (χ2v) is 16.6. The normalized spacial score (nSPS) is 16.5.